The Kier molecular flexibility index (Phi) is 4.89. The molecule has 0 atom stereocenters. The summed E-state index contributed by atoms with van der Waals surface area (Å²) in [4.78, 5) is 12.1. The number of aryl methyl sites for hydroxylation is 1. The third kappa shape index (κ3) is 3.52. The molecule has 1 aliphatic heterocycles. The molecule has 0 bridgehead atoms. The largest absolute Gasteiger partial charge is 0.379 e. The number of rotatable bonds is 5. The van der Waals surface area contributed by atoms with Gasteiger partial charge in [-0.15, -0.1) is 0 Å². The van der Waals surface area contributed by atoms with Gasteiger partial charge in [0.05, 0.1) is 25.0 Å². The van der Waals surface area contributed by atoms with E-state index in [1.807, 2.05) is 16.6 Å². The highest BCUT2D eigenvalue weighted by atomic mass is 16.5. The molecule has 1 aromatic heterocycles. The normalized spacial score (nSPS) is 16.5. The van der Waals surface area contributed by atoms with Gasteiger partial charge in [-0.2, -0.15) is 5.10 Å². The molecule has 0 aromatic carbocycles. The van der Waals surface area contributed by atoms with Gasteiger partial charge in [0.15, 0.2) is 0 Å². The fourth-order valence-electron chi connectivity index (χ4n) is 2.01. The molecule has 3 N–H and O–H groups in total. The number of nitrogens with two attached hydrogens (primary N) is 1. The molecule has 1 aromatic rings. The standard InChI is InChI=1S/C12H21N5O2/c1-10-11(9-14-17(10)4-2-3-13)12(18)15-16-5-7-19-8-6-16/h9H,2-8,13H2,1H3,(H,15,18). The van der Waals surface area contributed by atoms with Crippen molar-refractivity contribution >= 4 is 5.91 Å². The molecule has 0 saturated carbocycles. The molecule has 1 saturated heterocycles. The van der Waals surface area contributed by atoms with Crippen molar-refractivity contribution in [1.29, 1.82) is 0 Å². The molecule has 0 aliphatic carbocycles. The third-order valence-electron chi connectivity index (χ3n) is 3.19. The molecule has 7 heteroatoms. The van der Waals surface area contributed by atoms with Crippen LogP contribution in [0.25, 0.3) is 0 Å². The molecule has 19 heavy (non-hydrogen) atoms. The molecule has 7 nitrogen and oxygen atoms in total. The van der Waals surface area contributed by atoms with Crippen LogP contribution in [-0.4, -0.2) is 53.5 Å². The summed E-state index contributed by atoms with van der Waals surface area (Å²) in [6, 6.07) is 0. The second-order valence-corrected chi connectivity index (χ2v) is 4.55. The summed E-state index contributed by atoms with van der Waals surface area (Å²) in [6.07, 6.45) is 2.47. The Morgan fingerprint density at radius 2 is 2.26 bits per heavy atom. The first-order valence-electron chi connectivity index (χ1n) is 6.58. The summed E-state index contributed by atoms with van der Waals surface area (Å²) in [5.74, 6) is -0.113. The number of hydrogen-bond acceptors (Lipinski definition) is 5. The Morgan fingerprint density at radius 1 is 1.53 bits per heavy atom. The van der Waals surface area contributed by atoms with E-state index in [2.05, 4.69) is 10.5 Å². The van der Waals surface area contributed by atoms with Crippen LogP contribution in [0, 0.1) is 6.92 Å². The smallest absolute Gasteiger partial charge is 0.269 e. The highest BCUT2D eigenvalue weighted by Crippen LogP contribution is 2.08. The Balaban J connectivity index is 1.96. The lowest BCUT2D eigenvalue weighted by Gasteiger charge is -2.26. The van der Waals surface area contributed by atoms with E-state index in [9.17, 15) is 4.79 Å². The zero-order chi connectivity index (χ0) is 13.7. The fourth-order valence-corrected chi connectivity index (χ4v) is 2.01. The highest BCUT2D eigenvalue weighted by Gasteiger charge is 2.18. The Bertz CT molecular complexity index is 426. The molecule has 2 heterocycles. The third-order valence-corrected chi connectivity index (χ3v) is 3.19. The van der Waals surface area contributed by atoms with Gasteiger partial charge >= 0.3 is 0 Å². The van der Waals surface area contributed by atoms with Gasteiger partial charge in [-0.05, 0) is 19.9 Å². The summed E-state index contributed by atoms with van der Waals surface area (Å²) in [5, 5.41) is 6.10. The number of hydrazine groups is 1. The Morgan fingerprint density at radius 3 is 2.95 bits per heavy atom. The minimum Gasteiger partial charge on any atom is -0.379 e. The van der Waals surface area contributed by atoms with Crippen LogP contribution in [-0.2, 0) is 11.3 Å². The summed E-state index contributed by atoms with van der Waals surface area (Å²) in [5.41, 5.74) is 9.85. The second-order valence-electron chi connectivity index (χ2n) is 4.55. The zero-order valence-electron chi connectivity index (χ0n) is 11.3. The van der Waals surface area contributed by atoms with Crippen molar-refractivity contribution in [3.05, 3.63) is 17.5 Å². The Labute approximate surface area is 112 Å². The van der Waals surface area contributed by atoms with Gasteiger partial charge in [-0.1, -0.05) is 0 Å². The average molecular weight is 267 g/mol. The number of morpholine rings is 1. The molecule has 1 fully saturated rings. The summed E-state index contributed by atoms with van der Waals surface area (Å²) < 4.78 is 7.06. The van der Waals surface area contributed by atoms with Gasteiger partial charge in [0, 0.05) is 25.3 Å². The quantitative estimate of drug-likeness (QED) is 0.752. The first-order chi connectivity index (χ1) is 9.22. The van der Waals surface area contributed by atoms with Crippen LogP contribution < -0.4 is 11.2 Å². The lowest BCUT2D eigenvalue weighted by Crippen LogP contribution is -2.48. The van der Waals surface area contributed by atoms with Crippen LogP contribution in [0.3, 0.4) is 0 Å². The minimum atomic E-state index is -0.113. The van der Waals surface area contributed by atoms with Crippen molar-refractivity contribution in [2.75, 3.05) is 32.8 Å². The second kappa shape index (κ2) is 6.65. The number of carbonyl (C=O) groups is 1. The summed E-state index contributed by atoms with van der Waals surface area (Å²) in [7, 11) is 0. The number of hydrogen-bond donors (Lipinski definition) is 2. The number of nitrogens with one attached hydrogen (secondary N) is 1. The van der Waals surface area contributed by atoms with Gasteiger partial charge in [0.1, 0.15) is 0 Å². The first kappa shape index (κ1) is 14.0. The Hall–Kier alpha value is -1.44. The summed E-state index contributed by atoms with van der Waals surface area (Å²) >= 11 is 0. The molecule has 1 amide bonds. The predicted octanol–water partition coefficient (Wildman–Crippen LogP) is -0.483. The number of amides is 1. The van der Waals surface area contributed by atoms with Gasteiger partial charge < -0.3 is 10.5 Å². The summed E-state index contributed by atoms with van der Waals surface area (Å²) in [6.45, 7) is 5.99. The molecule has 0 radical (unpaired) electrons. The average Bonchev–Trinajstić information content (AvgIpc) is 2.79. The van der Waals surface area contributed by atoms with Crippen molar-refractivity contribution in [3.63, 3.8) is 0 Å². The van der Waals surface area contributed by atoms with Crippen LogP contribution >= 0.6 is 0 Å². The number of nitrogens with zero attached hydrogens (tertiary/aromatic N) is 3. The van der Waals surface area contributed by atoms with Gasteiger partial charge in [-0.25, -0.2) is 5.01 Å². The van der Waals surface area contributed by atoms with E-state index in [-0.39, 0.29) is 5.91 Å². The highest BCUT2D eigenvalue weighted by molar-refractivity contribution is 5.94. The molecule has 106 valence electrons. The number of carbonyl (C=O) groups excluding carboxylic acids is 1. The van der Waals surface area contributed by atoms with Crippen molar-refractivity contribution in [2.45, 2.75) is 19.9 Å². The van der Waals surface area contributed by atoms with E-state index < -0.39 is 0 Å². The van der Waals surface area contributed by atoms with Gasteiger partial charge in [0.25, 0.3) is 5.91 Å². The van der Waals surface area contributed by atoms with Gasteiger partial charge in [-0.3, -0.25) is 14.9 Å². The van der Waals surface area contributed by atoms with Crippen molar-refractivity contribution in [1.82, 2.24) is 20.2 Å². The molecule has 2 rings (SSSR count). The van der Waals surface area contributed by atoms with Gasteiger partial charge in [0.2, 0.25) is 0 Å². The maximum absolute atomic E-state index is 12.1. The van der Waals surface area contributed by atoms with Crippen LogP contribution in [0.4, 0.5) is 0 Å². The SMILES string of the molecule is Cc1c(C(=O)NN2CCOCC2)cnn1CCCN. The molecule has 1 aliphatic rings. The molecular weight excluding hydrogens is 246 g/mol. The molecule has 0 unspecified atom stereocenters. The maximum atomic E-state index is 12.1. The zero-order valence-corrected chi connectivity index (χ0v) is 11.3. The van der Waals surface area contributed by atoms with Crippen molar-refractivity contribution in [2.24, 2.45) is 5.73 Å². The number of aromatic nitrogens is 2. The fraction of sp³-hybridized carbons (Fsp3) is 0.667. The van der Waals surface area contributed by atoms with Crippen LogP contribution in [0.5, 0.6) is 0 Å². The van der Waals surface area contributed by atoms with E-state index in [0.717, 1.165) is 18.7 Å². The van der Waals surface area contributed by atoms with E-state index >= 15 is 0 Å². The maximum Gasteiger partial charge on any atom is 0.269 e. The van der Waals surface area contributed by atoms with Crippen LogP contribution in [0.2, 0.25) is 0 Å². The van der Waals surface area contributed by atoms with E-state index in [4.69, 9.17) is 10.5 Å². The van der Waals surface area contributed by atoms with Crippen molar-refractivity contribution < 1.29 is 9.53 Å². The minimum absolute atomic E-state index is 0.113. The van der Waals surface area contributed by atoms with E-state index in [1.165, 1.54) is 0 Å². The predicted molar refractivity (Wildman–Crippen MR) is 70.5 cm³/mol. The van der Waals surface area contributed by atoms with Crippen molar-refractivity contribution in [3.8, 4) is 0 Å². The topological polar surface area (TPSA) is 85.4 Å². The lowest BCUT2D eigenvalue weighted by molar-refractivity contribution is 0.0126. The number of ether oxygens (including phenoxy) is 1. The van der Waals surface area contributed by atoms with E-state index in [1.54, 1.807) is 6.20 Å². The van der Waals surface area contributed by atoms with Crippen LogP contribution in [0.1, 0.15) is 22.5 Å². The van der Waals surface area contributed by atoms with E-state index in [0.29, 0.717) is 38.4 Å². The first-order valence-corrected chi connectivity index (χ1v) is 6.58. The molecule has 0 spiro atoms. The molecular formula is C12H21N5O2. The van der Waals surface area contributed by atoms with Crippen LogP contribution in [0.15, 0.2) is 6.20 Å². The monoisotopic (exact) mass is 267 g/mol. The lowest BCUT2D eigenvalue weighted by atomic mass is 10.2.